The van der Waals surface area contributed by atoms with Crippen LogP contribution in [-0.2, 0) is 4.79 Å². The molecule has 176 valence electrons. The van der Waals surface area contributed by atoms with E-state index in [0.717, 1.165) is 47.0 Å². The Balaban J connectivity index is 1.37. The first kappa shape index (κ1) is 22.4. The van der Waals surface area contributed by atoms with Crippen LogP contribution in [0.4, 0.5) is 5.69 Å². The van der Waals surface area contributed by atoms with Crippen molar-refractivity contribution in [2.24, 2.45) is 0 Å². The fraction of sp³-hybridized carbons (Fsp3) is 0.179. The van der Waals surface area contributed by atoms with E-state index in [1.165, 1.54) is 0 Å². The van der Waals surface area contributed by atoms with Gasteiger partial charge in [0.25, 0.3) is 0 Å². The Kier molecular flexibility index (Phi) is 6.57. The highest BCUT2D eigenvalue weighted by atomic mass is 16.5. The summed E-state index contributed by atoms with van der Waals surface area (Å²) in [6.07, 6.45) is 9.04. The van der Waals surface area contributed by atoms with Gasteiger partial charge in [-0.3, -0.25) is 9.78 Å². The average molecular weight is 466 g/mol. The number of nitrogens with zero attached hydrogens (tertiary/aromatic N) is 5. The van der Waals surface area contributed by atoms with Gasteiger partial charge in [0.15, 0.2) is 0 Å². The van der Waals surface area contributed by atoms with Crippen molar-refractivity contribution < 1.29 is 9.53 Å². The number of methoxy groups -OCH3 is 1. The number of carbonyl (C=O) groups excluding carboxylic acids is 1. The summed E-state index contributed by atoms with van der Waals surface area (Å²) in [5.74, 6) is 0.733. The van der Waals surface area contributed by atoms with Crippen molar-refractivity contribution in [2.75, 3.05) is 38.2 Å². The van der Waals surface area contributed by atoms with Crippen molar-refractivity contribution >= 4 is 17.7 Å². The van der Waals surface area contributed by atoms with Gasteiger partial charge in [0.05, 0.1) is 12.8 Å². The zero-order chi connectivity index (χ0) is 24.0. The van der Waals surface area contributed by atoms with Crippen LogP contribution in [0.15, 0.2) is 91.4 Å². The van der Waals surface area contributed by atoms with Crippen LogP contribution in [0.2, 0.25) is 0 Å². The third kappa shape index (κ3) is 4.94. The van der Waals surface area contributed by atoms with Crippen LogP contribution in [0.25, 0.3) is 23.0 Å². The Hall–Kier alpha value is -4.39. The van der Waals surface area contributed by atoms with Gasteiger partial charge >= 0.3 is 0 Å². The highest BCUT2D eigenvalue weighted by Gasteiger charge is 2.20. The number of piperazine rings is 1. The van der Waals surface area contributed by atoms with Crippen molar-refractivity contribution in [3.05, 3.63) is 97.0 Å². The zero-order valence-corrected chi connectivity index (χ0v) is 19.6. The second-order valence-corrected chi connectivity index (χ2v) is 8.26. The molecule has 2 aromatic carbocycles. The number of benzene rings is 2. The van der Waals surface area contributed by atoms with Gasteiger partial charge in [-0.2, -0.15) is 5.10 Å². The molecule has 1 saturated heterocycles. The molecule has 0 N–H and O–H groups in total. The Labute approximate surface area is 204 Å². The first-order valence-corrected chi connectivity index (χ1v) is 11.6. The van der Waals surface area contributed by atoms with Gasteiger partial charge in [0.2, 0.25) is 5.91 Å². The van der Waals surface area contributed by atoms with Crippen molar-refractivity contribution in [1.29, 1.82) is 0 Å². The van der Waals surface area contributed by atoms with Crippen LogP contribution < -0.4 is 9.64 Å². The summed E-state index contributed by atoms with van der Waals surface area (Å²) in [4.78, 5) is 21.3. The monoisotopic (exact) mass is 465 g/mol. The Bertz CT molecular complexity index is 1310. The topological polar surface area (TPSA) is 63.5 Å². The van der Waals surface area contributed by atoms with Crippen LogP contribution in [0.1, 0.15) is 5.56 Å². The van der Waals surface area contributed by atoms with Gasteiger partial charge in [-0.15, -0.1) is 0 Å². The zero-order valence-electron chi connectivity index (χ0n) is 19.6. The number of carbonyl (C=O) groups is 1. The minimum absolute atomic E-state index is 0.00202. The van der Waals surface area contributed by atoms with Gasteiger partial charge in [-0.25, -0.2) is 4.68 Å². The van der Waals surface area contributed by atoms with Crippen molar-refractivity contribution in [3.63, 3.8) is 0 Å². The van der Waals surface area contributed by atoms with E-state index < -0.39 is 0 Å². The number of aromatic nitrogens is 3. The molecule has 0 atom stereocenters. The van der Waals surface area contributed by atoms with E-state index in [9.17, 15) is 4.79 Å². The van der Waals surface area contributed by atoms with Gasteiger partial charge in [-0.05, 0) is 42.5 Å². The molecule has 0 radical (unpaired) electrons. The smallest absolute Gasteiger partial charge is 0.246 e. The number of ether oxygens (including phenoxy) is 1. The largest absolute Gasteiger partial charge is 0.496 e. The van der Waals surface area contributed by atoms with E-state index in [1.54, 1.807) is 25.6 Å². The van der Waals surface area contributed by atoms with Gasteiger partial charge in [0.1, 0.15) is 11.4 Å². The SMILES string of the molecule is COc1ccccc1-c1nn(-c2ccccc2)cc1C=CC(=O)N1CCN(c2ccncc2)CC1. The molecular weight excluding hydrogens is 438 g/mol. The quantitative estimate of drug-likeness (QED) is 0.397. The van der Waals surface area contributed by atoms with Crippen LogP contribution in [0.5, 0.6) is 5.75 Å². The summed E-state index contributed by atoms with van der Waals surface area (Å²) in [5, 5.41) is 4.84. The maximum absolute atomic E-state index is 13.0. The van der Waals surface area contributed by atoms with Gasteiger partial charge < -0.3 is 14.5 Å². The molecule has 5 rings (SSSR count). The predicted octanol–water partition coefficient (Wildman–Crippen LogP) is 4.30. The fourth-order valence-electron chi connectivity index (χ4n) is 4.28. The Morgan fingerprint density at radius 2 is 1.60 bits per heavy atom. The van der Waals surface area contributed by atoms with Crippen molar-refractivity contribution in [3.8, 4) is 22.7 Å². The summed E-state index contributed by atoms with van der Waals surface area (Å²) in [6, 6.07) is 21.7. The number of anilines is 1. The Morgan fingerprint density at radius 3 is 2.34 bits per heavy atom. The number of hydrogen-bond donors (Lipinski definition) is 0. The summed E-state index contributed by atoms with van der Waals surface area (Å²) >= 11 is 0. The molecule has 7 nitrogen and oxygen atoms in total. The van der Waals surface area contributed by atoms with E-state index in [0.29, 0.717) is 13.1 Å². The lowest BCUT2D eigenvalue weighted by Crippen LogP contribution is -2.48. The number of pyridine rings is 1. The second-order valence-electron chi connectivity index (χ2n) is 8.26. The molecule has 7 heteroatoms. The van der Waals surface area contributed by atoms with E-state index in [-0.39, 0.29) is 5.91 Å². The third-order valence-electron chi connectivity index (χ3n) is 6.15. The lowest BCUT2D eigenvalue weighted by Gasteiger charge is -2.35. The van der Waals surface area contributed by atoms with Gasteiger partial charge in [-0.1, -0.05) is 30.3 Å². The third-order valence-corrected chi connectivity index (χ3v) is 6.15. The molecule has 0 aliphatic carbocycles. The average Bonchev–Trinajstić information content (AvgIpc) is 3.37. The summed E-state index contributed by atoms with van der Waals surface area (Å²) < 4.78 is 7.41. The number of hydrogen-bond acceptors (Lipinski definition) is 5. The molecule has 35 heavy (non-hydrogen) atoms. The highest BCUT2D eigenvalue weighted by Crippen LogP contribution is 2.32. The summed E-state index contributed by atoms with van der Waals surface area (Å²) in [7, 11) is 1.65. The lowest BCUT2D eigenvalue weighted by molar-refractivity contribution is -0.126. The molecule has 1 aliphatic heterocycles. The molecule has 0 saturated carbocycles. The number of amides is 1. The second kappa shape index (κ2) is 10.3. The van der Waals surface area contributed by atoms with E-state index in [2.05, 4.69) is 9.88 Å². The van der Waals surface area contributed by atoms with Crippen LogP contribution in [0, 0.1) is 0 Å². The summed E-state index contributed by atoms with van der Waals surface area (Å²) in [5.41, 5.74) is 4.57. The normalized spacial score (nSPS) is 13.9. The molecule has 0 unspecified atom stereocenters. The standard InChI is InChI=1S/C28H27N5O2/c1-35-26-10-6-5-9-25(26)28-22(21-33(30-28)24-7-3-2-4-8-24)11-12-27(34)32-19-17-31(18-20-32)23-13-15-29-16-14-23/h2-16,21H,17-20H2,1H3. The van der Waals surface area contributed by atoms with E-state index in [4.69, 9.17) is 9.84 Å². The Morgan fingerprint density at radius 1 is 0.886 bits per heavy atom. The maximum Gasteiger partial charge on any atom is 0.246 e. The highest BCUT2D eigenvalue weighted by molar-refractivity contribution is 5.93. The minimum Gasteiger partial charge on any atom is -0.496 e. The molecule has 4 aromatic rings. The van der Waals surface area contributed by atoms with E-state index >= 15 is 0 Å². The molecule has 1 amide bonds. The maximum atomic E-state index is 13.0. The first-order chi connectivity index (χ1) is 17.2. The van der Waals surface area contributed by atoms with Crippen LogP contribution >= 0.6 is 0 Å². The molecule has 2 aromatic heterocycles. The predicted molar refractivity (Wildman–Crippen MR) is 138 cm³/mol. The van der Waals surface area contributed by atoms with Crippen LogP contribution in [-0.4, -0.2) is 58.9 Å². The minimum atomic E-state index is -0.00202. The van der Waals surface area contributed by atoms with Crippen molar-refractivity contribution in [1.82, 2.24) is 19.7 Å². The van der Waals surface area contributed by atoms with Gasteiger partial charge in [0, 0.05) is 67.7 Å². The fourth-order valence-corrected chi connectivity index (χ4v) is 4.28. The molecule has 0 spiro atoms. The molecular formula is C28H27N5O2. The summed E-state index contributed by atoms with van der Waals surface area (Å²) in [6.45, 7) is 2.94. The number of para-hydroxylation sites is 2. The number of rotatable bonds is 6. The lowest BCUT2D eigenvalue weighted by atomic mass is 10.1. The molecule has 3 heterocycles. The van der Waals surface area contributed by atoms with Crippen LogP contribution in [0.3, 0.4) is 0 Å². The van der Waals surface area contributed by atoms with E-state index in [1.807, 2.05) is 88.6 Å². The van der Waals surface area contributed by atoms with Crippen molar-refractivity contribution in [2.45, 2.75) is 0 Å². The molecule has 0 bridgehead atoms. The molecule has 1 fully saturated rings. The first-order valence-electron chi connectivity index (χ1n) is 11.6. The molecule has 1 aliphatic rings.